The van der Waals surface area contributed by atoms with E-state index in [0.29, 0.717) is 13.0 Å². The van der Waals surface area contributed by atoms with E-state index in [1.165, 1.54) is 0 Å². The maximum absolute atomic E-state index is 11.6. The quantitative estimate of drug-likeness (QED) is 0.885. The number of ether oxygens (including phenoxy) is 1. The summed E-state index contributed by atoms with van der Waals surface area (Å²) in [5, 5.41) is 9.50. The maximum Gasteiger partial charge on any atom is 0.311 e. The Morgan fingerprint density at radius 3 is 2.76 bits per heavy atom. The van der Waals surface area contributed by atoms with Crippen LogP contribution in [0.2, 0.25) is 0 Å². The van der Waals surface area contributed by atoms with Gasteiger partial charge in [-0.1, -0.05) is 18.2 Å². The Morgan fingerprint density at radius 2 is 2.19 bits per heavy atom. The molecule has 1 aromatic heterocycles. The van der Waals surface area contributed by atoms with Crippen LogP contribution >= 0.6 is 0 Å². The molecule has 0 spiro atoms. The lowest BCUT2D eigenvalue weighted by molar-refractivity contribution is -0.138. The van der Waals surface area contributed by atoms with E-state index in [0.717, 1.165) is 22.4 Å². The van der Waals surface area contributed by atoms with E-state index in [1.54, 1.807) is 12.4 Å². The van der Waals surface area contributed by atoms with Crippen molar-refractivity contribution in [2.75, 3.05) is 6.61 Å². The fraction of sp³-hybridized carbons (Fsp3) is 0.294. The van der Waals surface area contributed by atoms with Crippen LogP contribution < -0.4 is 4.74 Å². The summed E-state index contributed by atoms with van der Waals surface area (Å²) in [4.78, 5) is 15.6. The number of nitrogens with zero attached hydrogens (tertiary/aromatic N) is 1. The van der Waals surface area contributed by atoms with Gasteiger partial charge in [0.1, 0.15) is 5.75 Å². The van der Waals surface area contributed by atoms with Crippen molar-refractivity contribution in [1.29, 1.82) is 0 Å². The van der Waals surface area contributed by atoms with E-state index in [1.807, 2.05) is 44.2 Å². The molecule has 21 heavy (non-hydrogen) atoms. The number of carboxylic acid groups (broad SMARTS) is 1. The lowest BCUT2D eigenvalue weighted by Gasteiger charge is -2.15. The maximum atomic E-state index is 11.6. The Balaban J connectivity index is 2.26. The summed E-state index contributed by atoms with van der Waals surface area (Å²) < 4.78 is 5.49. The first-order valence-corrected chi connectivity index (χ1v) is 6.97. The summed E-state index contributed by atoms with van der Waals surface area (Å²) in [6.07, 6.45) is 3.81. The molecule has 1 heterocycles. The average molecular weight is 285 g/mol. The van der Waals surface area contributed by atoms with Crippen molar-refractivity contribution in [3.8, 4) is 5.75 Å². The van der Waals surface area contributed by atoms with Crippen molar-refractivity contribution in [1.82, 2.24) is 4.98 Å². The highest BCUT2D eigenvalue weighted by atomic mass is 16.5. The minimum atomic E-state index is -0.831. The van der Waals surface area contributed by atoms with Gasteiger partial charge in [-0.15, -0.1) is 0 Å². The molecule has 0 aliphatic heterocycles. The van der Waals surface area contributed by atoms with Crippen LogP contribution in [0.15, 0.2) is 42.7 Å². The van der Waals surface area contributed by atoms with Gasteiger partial charge in [-0.25, -0.2) is 0 Å². The van der Waals surface area contributed by atoms with E-state index in [-0.39, 0.29) is 0 Å². The summed E-state index contributed by atoms with van der Waals surface area (Å²) in [5.74, 6) is -0.613. The van der Waals surface area contributed by atoms with Gasteiger partial charge in [0.15, 0.2) is 0 Å². The van der Waals surface area contributed by atoms with Crippen molar-refractivity contribution in [2.45, 2.75) is 26.2 Å². The predicted molar refractivity (Wildman–Crippen MR) is 80.7 cm³/mol. The van der Waals surface area contributed by atoms with Gasteiger partial charge >= 0.3 is 5.97 Å². The van der Waals surface area contributed by atoms with Crippen LogP contribution in [0.3, 0.4) is 0 Å². The predicted octanol–water partition coefficient (Wildman–Crippen LogP) is 3.20. The first-order valence-electron chi connectivity index (χ1n) is 6.97. The lowest BCUT2D eigenvalue weighted by atomic mass is 9.91. The number of aromatic nitrogens is 1. The number of carbonyl (C=O) groups is 1. The first-order chi connectivity index (χ1) is 10.1. The van der Waals surface area contributed by atoms with E-state index in [4.69, 9.17) is 4.74 Å². The van der Waals surface area contributed by atoms with Crippen molar-refractivity contribution in [3.05, 3.63) is 59.4 Å². The fourth-order valence-corrected chi connectivity index (χ4v) is 2.31. The van der Waals surface area contributed by atoms with Gasteiger partial charge in [0.2, 0.25) is 0 Å². The van der Waals surface area contributed by atoms with E-state index in [2.05, 4.69) is 4.98 Å². The second-order valence-corrected chi connectivity index (χ2v) is 4.91. The number of rotatable bonds is 6. The van der Waals surface area contributed by atoms with Crippen molar-refractivity contribution < 1.29 is 14.6 Å². The zero-order valence-electron chi connectivity index (χ0n) is 12.2. The third-order valence-electron chi connectivity index (χ3n) is 3.36. The van der Waals surface area contributed by atoms with Crippen LogP contribution in [0.25, 0.3) is 0 Å². The Morgan fingerprint density at radius 1 is 1.38 bits per heavy atom. The molecule has 0 amide bonds. The molecule has 1 unspecified atom stereocenters. The highest BCUT2D eigenvalue weighted by molar-refractivity contribution is 5.76. The summed E-state index contributed by atoms with van der Waals surface area (Å²) in [6.45, 7) is 4.45. The smallest absolute Gasteiger partial charge is 0.311 e. The van der Waals surface area contributed by atoms with Gasteiger partial charge in [0.05, 0.1) is 12.5 Å². The Kier molecular flexibility index (Phi) is 4.93. The summed E-state index contributed by atoms with van der Waals surface area (Å²) >= 11 is 0. The van der Waals surface area contributed by atoms with Gasteiger partial charge in [0.25, 0.3) is 0 Å². The first kappa shape index (κ1) is 15.0. The summed E-state index contributed by atoms with van der Waals surface area (Å²) in [6, 6.07) is 9.27. The highest BCUT2D eigenvalue weighted by Crippen LogP contribution is 2.26. The molecule has 4 heteroatoms. The Hall–Kier alpha value is -2.36. The van der Waals surface area contributed by atoms with Crippen LogP contribution in [0, 0.1) is 6.92 Å². The normalized spacial score (nSPS) is 11.9. The highest BCUT2D eigenvalue weighted by Gasteiger charge is 2.21. The largest absolute Gasteiger partial charge is 0.494 e. The van der Waals surface area contributed by atoms with Crippen LogP contribution in [0.4, 0.5) is 0 Å². The molecular weight excluding hydrogens is 266 g/mol. The van der Waals surface area contributed by atoms with Crippen LogP contribution in [-0.2, 0) is 11.2 Å². The second kappa shape index (κ2) is 6.88. The second-order valence-electron chi connectivity index (χ2n) is 4.91. The average Bonchev–Trinajstić information content (AvgIpc) is 2.48. The summed E-state index contributed by atoms with van der Waals surface area (Å²) in [7, 11) is 0. The standard InChI is InChI=1S/C17H19NO3/c1-3-21-16-7-6-14(9-12(16)2)15(17(19)20)10-13-5-4-8-18-11-13/h4-9,11,15H,3,10H2,1-2H3,(H,19,20). The van der Waals surface area contributed by atoms with E-state index < -0.39 is 11.9 Å². The minimum Gasteiger partial charge on any atom is -0.494 e. The number of hydrogen-bond donors (Lipinski definition) is 1. The van der Waals surface area contributed by atoms with Gasteiger partial charge < -0.3 is 9.84 Å². The zero-order valence-corrected chi connectivity index (χ0v) is 12.2. The number of pyridine rings is 1. The molecule has 0 saturated heterocycles. The Labute approximate surface area is 124 Å². The topological polar surface area (TPSA) is 59.4 Å². The van der Waals surface area contributed by atoms with E-state index in [9.17, 15) is 9.90 Å². The Bertz CT molecular complexity index is 611. The number of aryl methyl sites for hydroxylation is 1. The molecule has 0 radical (unpaired) electrons. The van der Waals surface area contributed by atoms with Gasteiger partial charge in [-0.3, -0.25) is 9.78 Å². The number of carboxylic acids is 1. The molecule has 1 aromatic carbocycles. The number of aliphatic carboxylic acids is 1. The molecule has 0 fully saturated rings. The van der Waals surface area contributed by atoms with E-state index >= 15 is 0 Å². The molecule has 1 atom stereocenters. The molecule has 0 aliphatic rings. The molecule has 2 aromatic rings. The SMILES string of the molecule is CCOc1ccc(C(Cc2cccnc2)C(=O)O)cc1C. The molecule has 110 valence electrons. The van der Waals surface area contributed by atoms with Gasteiger partial charge in [-0.2, -0.15) is 0 Å². The molecule has 2 rings (SSSR count). The van der Waals surface area contributed by atoms with Crippen LogP contribution in [0.5, 0.6) is 5.75 Å². The number of benzene rings is 1. The van der Waals surface area contributed by atoms with Gasteiger partial charge in [-0.05, 0) is 49.1 Å². The molecule has 0 aliphatic carbocycles. The van der Waals surface area contributed by atoms with Crippen LogP contribution in [-0.4, -0.2) is 22.7 Å². The van der Waals surface area contributed by atoms with Gasteiger partial charge in [0, 0.05) is 12.4 Å². The molecular formula is C17H19NO3. The molecule has 4 nitrogen and oxygen atoms in total. The molecule has 0 bridgehead atoms. The zero-order chi connectivity index (χ0) is 15.2. The van der Waals surface area contributed by atoms with Crippen LogP contribution in [0.1, 0.15) is 29.5 Å². The fourth-order valence-electron chi connectivity index (χ4n) is 2.31. The van der Waals surface area contributed by atoms with Crippen molar-refractivity contribution in [3.63, 3.8) is 0 Å². The third-order valence-corrected chi connectivity index (χ3v) is 3.36. The van der Waals surface area contributed by atoms with Crippen molar-refractivity contribution >= 4 is 5.97 Å². The minimum absolute atomic E-state index is 0.427. The third kappa shape index (κ3) is 3.81. The summed E-state index contributed by atoms with van der Waals surface area (Å²) in [5.41, 5.74) is 2.65. The monoisotopic (exact) mass is 285 g/mol. The molecule has 1 N–H and O–H groups in total. The molecule has 0 saturated carbocycles. The number of hydrogen-bond acceptors (Lipinski definition) is 3. The van der Waals surface area contributed by atoms with Crippen molar-refractivity contribution in [2.24, 2.45) is 0 Å². The lowest BCUT2D eigenvalue weighted by Crippen LogP contribution is -2.15.